The number of benzene rings is 2. The predicted molar refractivity (Wildman–Crippen MR) is 93.2 cm³/mol. The van der Waals surface area contributed by atoms with E-state index < -0.39 is 0 Å². The van der Waals surface area contributed by atoms with Gasteiger partial charge in [0.1, 0.15) is 17.2 Å². The van der Waals surface area contributed by atoms with Crippen LogP contribution in [0, 0.1) is 13.8 Å². The van der Waals surface area contributed by atoms with Gasteiger partial charge in [0.2, 0.25) is 0 Å². The van der Waals surface area contributed by atoms with Gasteiger partial charge < -0.3 is 19.5 Å². The van der Waals surface area contributed by atoms with E-state index >= 15 is 0 Å². The van der Waals surface area contributed by atoms with Gasteiger partial charge in [-0.1, -0.05) is 17.7 Å². The minimum Gasteiger partial charge on any atom is -0.497 e. The van der Waals surface area contributed by atoms with E-state index in [1.54, 1.807) is 39.5 Å². The Morgan fingerprint density at radius 1 is 0.917 bits per heavy atom. The van der Waals surface area contributed by atoms with Crippen molar-refractivity contribution in [2.75, 3.05) is 21.3 Å². The van der Waals surface area contributed by atoms with Crippen LogP contribution in [-0.4, -0.2) is 27.2 Å². The molecular weight excluding hydrogens is 306 g/mol. The van der Waals surface area contributed by atoms with Gasteiger partial charge >= 0.3 is 0 Å². The molecule has 0 aromatic heterocycles. The second kappa shape index (κ2) is 7.73. The number of rotatable bonds is 6. The lowest BCUT2D eigenvalue weighted by atomic mass is 10.1. The van der Waals surface area contributed by atoms with E-state index in [1.165, 1.54) is 0 Å². The first kappa shape index (κ1) is 17.7. The smallest absolute Gasteiger partial charge is 0.251 e. The zero-order valence-electron chi connectivity index (χ0n) is 14.7. The van der Waals surface area contributed by atoms with Gasteiger partial charge in [-0.05, 0) is 31.5 Å². The van der Waals surface area contributed by atoms with Crippen molar-refractivity contribution in [1.29, 1.82) is 0 Å². The number of ether oxygens (including phenoxy) is 3. The Labute approximate surface area is 142 Å². The fraction of sp³-hybridized carbons (Fsp3) is 0.316. The van der Waals surface area contributed by atoms with Gasteiger partial charge in [-0.15, -0.1) is 0 Å². The highest BCUT2D eigenvalue weighted by Crippen LogP contribution is 2.26. The van der Waals surface area contributed by atoms with Gasteiger partial charge in [-0.25, -0.2) is 0 Å². The lowest BCUT2D eigenvalue weighted by molar-refractivity contribution is 0.0950. The van der Waals surface area contributed by atoms with Crippen molar-refractivity contribution in [3.63, 3.8) is 0 Å². The highest BCUT2D eigenvalue weighted by Gasteiger charge is 2.12. The summed E-state index contributed by atoms with van der Waals surface area (Å²) in [6.45, 7) is 4.39. The van der Waals surface area contributed by atoms with E-state index in [0.717, 1.165) is 22.4 Å². The van der Waals surface area contributed by atoms with Crippen LogP contribution in [0.2, 0.25) is 0 Å². The quantitative estimate of drug-likeness (QED) is 0.884. The molecule has 5 heteroatoms. The molecule has 0 spiro atoms. The van der Waals surface area contributed by atoms with Crippen LogP contribution in [0.25, 0.3) is 0 Å². The molecule has 0 unspecified atom stereocenters. The average Bonchev–Trinajstić information content (AvgIpc) is 2.58. The Morgan fingerprint density at radius 2 is 1.54 bits per heavy atom. The topological polar surface area (TPSA) is 56.8 Å². The third-order valence-electron chi connectivity index (χ3n) is 3.75. The van der Waals surface area contributed by atoms with Crippen molar-refractivity contribution in [3.8, 4) is 17.2 Å². The van der Waals surface area contributed by atoms with Crippen LogP contribution < -0.4 is 19.5 Å². The van der Waals surface area contributed by atoms with Crippen LogP contribution >= 0.6 is 0 Å². The number of carbonyl (C=O) groups is 1. The van der Waals surface area contributed by atoms with Crippen molar-refractivity contribution in [2.45, 2.75) is 20.4 Å². The summed E-state index contributed by atoms with van der Waals surface area (Å²) in [5.41, 5.74) is 3.60. The lowest BCUT2D eigenvalue weighted by Crippen LogP contribution is -2.23. The maximum Gasteiger partial charge on any atom is 0.251 e. The fourth-order valence-electron chi connectivity index (χ4n) is 2.68. The molecule has 2 aromatic carbocycles. The molecular formula is C19H23NO4. The third-order valence-corrected chi connectivity index (χ3v) is 3.75. The Bertz CT molecular complexity index is 718. The minimum absolute atomic E-state index is 0.201. The SMILES string of the molecule is COc1cc(OC)cc(C(=O)NCc2cc(C)cc(C)c2OC)c1. The van der Waals surface area contributed by atoms with Crippen molar-refractivity contribution >= 4 is 5.91 Å². The van der Waals surface area contributed by atoms with Gasteiger partial charge in [-0.2, -0.15) is 0 Å². The third kappa shape index (κ3) is 3.98. The number of nitrogens with one attached hydrogen (secondary N) is 1. The van der Waals surface area contributed by atoms with E-state index in [1.807, 2.05) is 19.9 Å². The maximum atomic E-state index is 12.5. The van der Waals surface area contributed by atoms with Gasteiger partial charge in [0.05, 0.1) is 21.3 Å². The van der Waals surface area contributed by atoms with Crippen LogP contribution in [0.15, 0.2) is 30.3 Å². The van der Waals surface area contributed by atoms with Crippen LogP contribution in [0.3, 0.4) is 0 Å². The molecule has 0 radical (unpaired) electrons. The molecule has 0 heterocycles. The van der Waals surface area contributed by atoms with Gasteiger partial charge in [0.15, 0.2) is 0 Å². The molecule has 2 aromatic rings. The highest BCUT2D eigenvalue weighted by atomic mass is 16.5. The minimum atomic E-state index is -0.201. The normalized spacial score (nSPS) is 10.2. The fourth-order valence-corrected chi connectivity index (χ4v) is 2.68. The van der Waals surface area contributed by atoms with E-state index in [4.69, 9.17) is 14.2 Å². The van der Waals surface area contributed by atoms with E-state index in [9.17, 15) is 4.79 Å². The van der Waals surface area contributed by atoms with Crippen molar-refractivity contribution in [2.24, 2.45) is 0 Å². The number of methoxy groups -OCH3 is 3. The number of aryl methyl sites for hydroxylation is 2. The highest BCUT2D eigenvalue weighted by molar-refractivity contribution is 5.95. The standard InChI is InChI=1S/C19H23NO4/c1-12-6-13(2)18(24-5)15(7-12)11-20-19(21)14-8-16(22-3)10-17(9-14)23-4/h6-10H,11H2,1-5H3,(H,20,21). The summed E-state index contributed by atoms with van der Waals surface area (Å²) in [5, 5.41) is 2.92. The van der Waals surface area contributed by atoms with Crippen molar-refractivity contribution in [1.82, 2.24) is 5.32 Å². The van der Waals surface area contributed by atoms with Crippen LogP contribution in [0.1, 0.15) is 27.0 Å². The molecule has 2 rings (SSSR count). The largest absolute Gasteiger partial charge is 0.497 e. The summed E-state index contributed by atoms with van der Waals surface area (Å²) in [6, 6.07) is 9.15. The average molecular weight is 329 g/mol. The summed E-state index contributed by atoms with van der Waals surface area (Å²) in [6.07, 6.45) is 0. The first-order chi connectivity index (χ1) is 11.5. The van der Waals surface area contributed by atoms with E-state index in [2.05, 4.69) is 11.4 Å². The van der Waals surface area contributed by atoms with E-state index in [0.29, 0.717) is 23.6 Å². The summed E-state index contributed by atoms with van der Waals surface area (Å²) < 4.78 is 15.8. The van der Waals surface area contributed by atoms with Crippen LogP contribution in [0.5, 0.6) is 17.2 Å². The molecule has 0 aliphatic carbocycles. The molecule has 0 fully saturated rings. The monoisotopic (exact) mass is 329 g/mol. The molecule has 0 saturated carbocycles. The molecule has 24 heavy (non-hydrogen) atoms. The summed E-state index contributed by atoms with van der Waals surface area (Å²) in [4.78, 5) is 12.5. The zero-order chi connectivity index (χ0) is 17.7. The molecule has 0 saturated heterocycles. The first-order valence-corrected chi connectivity index (χ1v) is 7.64. The molecule has 0 aliphatic heterocycles. The number of hydrogen-bond donors (Lipinski definition) is 1. The number of amides is 1. The van der Waals surface area contributed by atoms with Gasteiger partial charge in [-0.3, -0.25) is 4.79 Å². The molecule has 1 amide bonds. The molecule has 0 aliphatic rings. The second-order valence-corrected chi connectivity index (χ2v) is 5.56. The van der Waals surface area contributed by atoms with E-state index in [-0.39, 0.29) is 5.91 Å². The summed E-state index contributed by atoms with van der Waals surface area (Å²) in [5.74, 6) is 1.74. The molecule has 5 nitrogen and oxygen atoms in total. The number of hydrogen-bond acceptors (Lipinski definition) is 4. The number of carbonyl (C=O) groups excluding carboxylic acids is 1. The Balaban J connectivity index is 2.20. The lowest BCUT2D eigenvalue weighted by Gasteiger charge is -2.14. The van der Waals surface area contributed by atoms with Gasteiger partial charge in [0, 0.05) is 23.7 Å². The summed E-state index contributed by atoms with van der Waals surface area (Å²) >= 11 is 0. The van der Waals surface area contributed by atoms with Crippen LogP contribution in [-0.2, 0) is 6.54 Å². The van der Waals surface area contributed by atoms with Crippen molar-refractivity contribution in [3.05, 3.63) is 52.6 Å². The first-order valence-electron chi connectivity index (χ1n) is 7.64. The Kier molecular flexibility index (Phi) is 5.68. The molecule has 1 N–H and O–H groups in total. The van der Waals surface area contributed by atoms with Crippen LogP contribution in [0.4, 0.5) is 0 Å². The van der Waals surface area contributed by atoms with Crippen molar-refractivity contribution < 1.29 is 19.0 Å². The molecule has 0 atom stereocenters. The maximum absolute atomic E-state index is 12.5. The Morgan fingerprint density at radius 3 is 2.08 bits per heavy atom. The molecule has 0 bridgehead atoms. The predicted octanol–water partition coefficient (Wildman–Crippen LogP) is 3.26. The Hall–Kier alpha value is -2.69. The molecule has 128 valence electrons. The zero-order valence-corrected chi connectivity index (χ0v) is 14.7. The summed E-state index contributed by atoms with van der Waals surface area (Å²) in [7, 11) is 4.74. The van der Waals surface area contributed by atoms with Gasteiger partial charge in [0.25, 0.3) is 5.91 Å². The second-order valence-electron chi connectivity index (χ2n) is 5.56.